The van der Waals surface area contributed by atoms with Gasteiger partial charge in [0.2, 0.25) is 10.0 Å². The third-order valence-corrected chi connectivity index (χ3v) is 6.10. The Labute approximate surface area is 153 Å². The van der Waals surface area contributed by atoms with Crippen LogP contribution in [0.4, 0.5) is 0 Å². The molecule has 8 heteroatoms. The predicted molar refractivity (Wildman–Crippen MR) is 100 cm³/mol. The van der Waals surface area contributed by atoms with Crippen LogP contribution in [0.2, 0.25) is 0 Å². The lowest BCUT2D eigenvalue weighted by Crippen LogP contribution is -2.11. The van der Waals surface area contributed by atoms with E-state index in [0.29, 0.717) is 5.52 Å². The minimum Gasteiger partial charge on any atom is -0.319 e. The zero-order valence-electron chi connectivity index (χ0n) is 12.9. The van der Waals surface area contributed by atoms with Gasteiger partial charge in [-0.1, -0.05) is 39.8 Å². The quantitative estimate of drug-likeness (QED) is 0.631. The molecular weight excluding hydrogens is 410 g/mol. The van der Waals surface area contributed by atoms with E-state index in [9.17, 15) is 8.42 Å². The fraction of sp³-hybridized carbons (Fsp3) is 0.188. The van der Waals surface area contributed by atoms with Crippen molar-refractivity contribution in [3.63, 3.8) is 0 Å². The standard InChI is InChI=1S/C16H16BrN3O2S2/c1-2-20-15-8-7-13(24(18,21)22)9-14(15)19-16(20)23-10-11-3-5-12(17)6-4-11/h3-9H,2,10H2,1H3,(H2,18,21,22). The number of hydrogen-bond donors (Lipinski definition) is 1. The number of hydrogen-bond acceptors (Lipinski definition) is 4. The van der Waals surface area contributed by atoms with Gasteiger partial charge >= 0.3 is 0 Å². The van der Waals surface area contributed by atoms with Crippen LogP contribution in [-0.2, 0) is 22.3 Å². The number of primary sulfonamides is 1. The molecule has 0 saturated heterocycles. The van der Waals surface area contributed by atoms with Crippen molar-refractivity contribution in [1.82, 2.24) is 9.55 Å². The second-order valence-corrected chi connectivity index (χ2v) is 8.67. The number of aromatic nitrogens is 2. The van der Waals surface area contributed by atoms with Crippen molar-refractivity contribution >= 4 is 48.7 Å². The molecule has 2 N–H and O–H groups in total. The van der Waals surface area contributed by atoms with Crippen molar-refractivity contribution in [3.8, 4) is 0 Å². The lowest BCUT2D eigenvalue weighted by Gasteiger charge is -2.06. The summed E-state index contributed by atoms with van der Waals surface area (Å²) in [5.74, 6) is 0.790. The first-order valence-corrected chi connectivity index (χ1v) is 10.6. The summed E-state index contributed by atoms with van der Waals surface area (Å²) in [4.78, 5) is 4.67. The third-order valence-electron chi connectivity index (χ3n) is 3.61. The molecule has 126 valence electrons. The number of benzene rings is 2. The fourth-order valence-corrected chi connectivity index (χ4v) is 4.24. The molecule has 1 aromatic heterocycles. The zero-order chi connectivity index (χ0) is 17.3. The van der Waals surface area contributed by atoms with E-state index < -0.39 is 10.0 Å². The molecule has 5 nitrogen and oxygen atoms in total. The monoisotopic (exact) mass is 425 g/mol. The predicted octanol–water partition coefficient (Wildman–Crippen LogP) is 3.76. The van der Waals surface area contributed by atoms with Gasteiger partial charge in [-0.05, 0) is 42.8 Å². The molecule has 0 atom stereocenters. The molecule has 0 radical (unpaired) electrons. The molecule has 1 heterocycles. The lowest BCUT2D eigenvalue weighted by molar-refractivity contribution is 0.598. The Kier molecular flexibility index (Phi) is 5.00. The molecule has 0 fully saturated rings. The second-order valence-electron chi connectivity index (χ2n) is 5.25. The number of fused-ring (bicyclic) bond motifs is 1. The summed E-state index contributed by atoms with van der Waals surface area (Å²) in [5, 5.41) is 6.06. The van der Waals surface area contributed by atoms with Crippen molar-refractivity contribution in [1.29, 1.82) is 0 Å². The van der Waals surface area contributed by atoms with Gasteiger partial charge in [-0.3, -0.25) is 0 Å². The minimum atomic E-state index is -3.72. The van der Waals surface area contributed by atoms with E-state index in [1.165, 1.54) is 17.7 Å². The highest BCUT2D eigenvalue weighted by Crippen LogP contribution is 2.28. The van der Waals surface area contributed by atoms with Gasteiger partial charge in [-0.25, -0.2) is 18.5 Å². The van der Waals surface area contributed by atoms with Crippen LogP contribution in [0.5, 0.6) is 0 Å². The van der Waals surface area contributed by atoms with Crippen LogP contribution in [0.3, 0.4) is 0 Å². The Morgan fingerprint density at radius 1 is 1.21 bits per heavy atom. The van der Waals surface area contributed by atoms with Crippen molar-refractivity contribution in [2.45, 2.75) is 29.3 Å². The van der Waals surface area contributed by atoms with E-state index in [2.05, 4.69) is 37.6 Å². The van der Waals surface area contributed by atoms with Crippen LogP contribution in [0.1, 0.15) is 12.5 Å². The summed E-state index contributed by atoms with van der Waals surface area (Å²) in [5.41, 5.74) is 2.74. The maximum Gasteiger partial charge on any atom is 0.238 e. The average Bonchev–Trinajstić information content (AvgIpc) is 2.90. The normalized spacial score (nSPS) is 12.0. The SMILES string of the molecule is CCn1c(SCc2ccc(Br)cc2)nc2cc(S(N)(=O)=O)ccc21. The summed E-state index contributed by atoms with van der Waals surface area (Å²) >= 11 is 5.05. The topological polar surface area (TPSA) is 78.0 Å². The molecule has 0 saturated carbocycles. The first-order chi connectivity index (χ1) is 11.4. The van der Waals surface area contributed by atoms with E-state index in [0.717, 1.165) is 27.4 Å². The second kappa shape index (κ2) is 6.87. The van der Waals surface area contributed by atoms with Gasteiger partial charge in [0.25, 0.3) is 0 Å². The number of rotatable bonds is 5. The van der Waals surface area contributed by atoms with Crippen LogP contribution < -0.4 is 5.14 Å². The lowest BCUT2D eigenvalue weighted by atomic mass is 10.2. The molecule has 24 heavy (non-hydrogen) atoms. The van der Waals surface area contributed by atoms with Gasteiger partial charge < -0.3 is 4.57 Å². The Morgan fingerprint density at radius 2 is 1.92 bits per heavy atom. The Balaban J connectivity index is 1.93. The van der Waals surface area contributed by atoms with Gasteiger partial charge in [0, 0.05) is 16.8 Å². The van der Waals surface area contributed by atoms with Crippen molar-refractivity contribution in [3.05, 3.63) is 52.5 Å². The van der Waals surface area contributed by atoms with Gasteiger partial charge in [0.05, 0.1) is 15.9 Å². The highest BCUT2D eigenvalue weighted by Gasteiger charge is 2.14. The molecule has 0 unspecified atom stereocenters. The van der Waals surface area contributed by atoms with E-state index in [-0.39, 0.29) is 4.90 Å². The summed E-state index contributed by atoms with van der Waals surface area (Å²) in [6.07, 6.45) is 0. The molecule has 0 aliphatic heterocycles. The first-order valence-electron chi connectivity index (χ1n) is 7.29. The smallest absolute Gasteiger partial charge is 0.238 e. The molecule has 0 bridgehead atoms. The number of aryl methyl sites for hydroxylation is 1. The van der Waals surface area contributed by atoms with Crippen molar-refractivity contribution in [2.24, 2.45) is 5.14 Å². The molecule has 0 amide bonds. The number of nitrogens with two attached hydrogens (primary N) is 1. The van der Waals surface area contributed by atoms with E-state index >= 15 is 0 Å². The minimum absolute atomic E-state index is 0.0835. The van der Waals surface area contributed by atoms with Gasteiger partial charge in [-0.15, -0.1) is 0 Å². The number of nitrogens with zero attached hydrogens (tertiary/aromatic N) is 2. The largest absolute Gasteiger partial charge is 0.319 e. The summed E-state index contributed by atoms with van der Waals surface area (Å²) in [6.45, 7) is 2.80. The third kappa shape index (κ3) is 3.66. The number of imidazole rings is 1. The summed E-state index contributed by atoms with van der Waals surface area (Å²) in [6, 6.07) is 13.0. The molecule has 2 aromatic carbocycles. The molecule has 0 aliphatic carbocycles. The molecule has 0 aliphatic rings. The van der Waals surface area contributed by atoms with Crippen LogP contribution >= 0.6 is 27.7 Å². The Bertz CT molecular complexity index is 982. The van der Waals surface area contributed by atoms with Gasteiger partial charge in [0.15, 0.2) is 5.16 Å². The van der Waals surface area contributed by atoms with Crippen LogP contribution in [0, 0.1) is 0 Å². The summed E-state index contributed by atoms with van der Waals surface area (Å²) in [7, 11) is -3.72. The van der Waals surface area contributed by atoms with Crippen molar-refractivity contribution < 1.29 is 8.42 Å². The van der Waals surface area contributed by atoms with Crippen molar-refractivity contribution in [2.75, 3.05) is 0 Å². The number of halogens is 1. The average molecular weight is 426 g/mol. The fourth-order valence-electron chi connectivity index (χ4n) is 2.41. The van der Waals surface area contributed by atoms with Crippen LogP contribution in [0.25, 0.3) is 11.0 Å². The van der Waals surface area contributed by atoms with E-state index in [4.69, 9.17) is 5.14 Å². The van der Waals surface area contributed by atoms with Crippen LogP contribution in [0.15, 0.2) is 57.0 Å². The molecule has 3 aromatic rings. The number of thioether (sulfide) groups is 1. The number of sulfonamides is 1. The van der Waals surface area contributed by atoms with Gasteiger partial charge in [0.1, 0.15) is 0 Å². The highest BCUT2D eigenvalue weighted by atomic mass is 79.9. The first kappa shape index (κ1) is 17.5. The van der Waals surface area contributed by atoms with Gasteiger partial charge in [-0.2, -0.15) is 0 Å². The van der Waals surface area contributed by atoms with E-state index in [1.807, 2.05) is 19.1 Å². The Morgan fingerprint density at radius 3 is 2.54 bits per heavy atom. The molecule has 3 rings (SSSR count). The molecular formula is C16H16BrN3O2S2. The summed E-state index contributed by atoms with van der Waals surface area (Å²) < 4.78 is 26.1. The zero-order valence-corrected chi connectivity index (χ0v) is 16.2. The van der Waals surface area contributed by atoms with E-state index in [1.54, 1.807) is 17.8 Å². The highest BCUT2D eigenvalue weighted by molar-refractivity contribution is 9.10. The maximum absolute atomic E-state index is 11.5. The molecule has 0 spiro atoms. The Hall–Kier alpha value is -1.35. The maximum atomic E-state index is 11.5. The van der Waals surface area contributed by atoms with Crippen LogP contribution in [-0.4, -0.2) is 18.0 Å².